The van der Waals surface area contributed by atoms with E-state index in [0.29, 0.717) is 0 Å². The van der Waals surface area contributed by atoms with Gasteiger partial charge in [-0.3, -0.25) is 5.01 Å². The summed E-state index contributed by atoms with van der Waals surface area (Å²) < 4.78 is 0. The van der Waals surface area contributed by atoms with E-state index in [1.807, 2.05) is 29.3 Å². The molecule has 0 unspecified atom stereocenters. The Hall–Kier alpha value is -0.134. The Kier molecular flexibility index (Phi) is 8.00. The first-order valence-electron chi connectivity index (χ1n) is 4.58. The molecule has 1 aromatic rings. The summed E-state index contributed by atoms with van der Waals surface area (Å²) in [6.07, 6.45) is 2.47. The largest absolute Gasteiger partial charge is 2.00 e. The number of benzene rings is 1. The van der Waals surface area contributed by atoms with Gasteiger partial charge in [0.1, 0.15) is 0 Å². The zero-order chi connectivity index (χ0) is 8.93. The summed E-state index contributed by atoms with van der Waals surface area (Å²) in [5.74, 6) is 0. The van der Waals surface area contributed by atoms with E-state index in [1.165, 1.54) is 12.8 Å². The number of rotatable bonds is 2. The normalized spacial score (nSPS) is 14.8. The molecule has 2 rings (SSSR count). The van der Waals surface area contributed by atoms with E-state index in [1.54, 1.807) is 0 Å². The van der Waals surface area contributed by atoms with Crippen molar-refractivity contribution in [2.75, 3.05) is 13.1 Å². The average molecular weight is 278 g/mol. The van der Waals surface area contributed by atoms with E-state index < -0.39 is 0 Å². The molecule has 0 saturated carbocycles. The molecule has 0 spiro atoms. The van der Waals surface area contributed by atoms with Crippen molar-refractivity contribution in [3.63, 3.8) is 0 Å². The maximum absolute atomic E-state index is 4.12. The maximum Gasteiger partial charge on any atom is 2.00 e. The Morgan fingerprint density at radius 2 is 1.93 bits per heavy atom. The van der Waals surface area contributed by atoms with Crippen LogP contribution in [0.1, 0.15) is 12.8 Å². The Morgan fingerprint density at radius 3 is 2.53 bits per heavy atom. The van der Waals surface area contributed by atoms with Crippen molar-refractivity contribution >= 4 is 28.7 Å². The molecule has 1 heterocycles. The zero-order valence-corrected chi connectivity index (χ0v) is 11.6. The van der Waals surface area contributed by atoms with Gasteiger partial charge in [-0.05, 0) is 18.5 Å². The summed E-state index contributed by atoms with van der Waals surface area (Å²) >= 11 is 0. The summed E-state index contributed by atoms with van der Waals surface area (Å²) in [6.45, 7) is 2.08. The van der Waals surface area contributed by atoms with Gasteiger partial charge in [-0.1, -0.05) is 5.22 Å². The molecule has 1 fully saturated rings. The van der Waals surface area contributed by atoms with Gasteiger partial charge >= 0.3 is 23.1 Å². The third-order valence-electron chi connectivity index (χ3n) is 2.05. The summed E-state index contributed by atoms with van der Waals surface area (Å²) in [4.78, 5) is 0. The molecule has 1 aliphatic heterocycles. The topological polar surface area (TPSA) is 28.0 Å². The quantitative estimate of drug-likeness (QED) is 0.396. The van der Waals surface area contributed by atoms with Crippen LogP contribution in [0.5, 0.6) is 0 Å². The summed E-state index contributed by atoms with van der Waals surface area (Å²) in [5.41, 5.74) is 0.800. The van der Waals surface area contributed by atoms with Crippen LogP contribution in [0.4, 0.5) is 5.69 Å². The molecule has 1 saturated heterocycles. The van der Waals surface area contributed by atoms with E-state index in [4.69, 9.17) is 0 Å². The molecule has 0 radical (unpaired) electrons. The number of nitrogens with zero attached hydrogens (tertiary/aromatic N) is 3. The van der Waals surface area contributed by atoms with Gasteiger partial charge in [-0.15, -0.1) is 6.07 Å². The SMILES string of the molecule is [Br-].[Mg+2].[c-]1ccccc1N=NN1CCCC1. The van der Waals surface area contributed by atoms with Crippen LogP contribution in [0.25, 0.3) is 0 Å². The minimum atomic E-state index is 0. The predicted molar refractivity (Wildman–Crippen MR) is 56.4 cm³/mol. The third kappa shape index (κ3) is 4.95. The van der Waals surface area contributed by atoms with E-state index in [9.17, 15) is 0 Å². The van der Waals surface area contributed by atoms with Crippen LogP contribution in [0.15, 0.2) is 34.6 Å². The molecule has 0 aromatic heterocycles. The average Bonchev–Trinajstić information content (AvgIpc) is 2.69. The molecule has 76 valence electrons. The van der Waals surface area contributed by atoms with Crippen molar-refractivity contribution in [2.24, 2.45) is 10.3 Å². The van der Waals surface area contributed by atoms with Gasteiger partial charge < -0.3 is 17.0 Å². The standard InChI is InChI=1S/C10H12N3.BrH.Mg/c1-2-6-10(7-3-1)11-12-13-8-4-5-9-13;;/h1-3,6H,4-5,8-9H2;1H;/q-1;;+2/p-1. The van der Waals surface area contributed by atoms with Gasteiger partial charge in [0.2, 0.25) is 0 Å². The van der Waals surface area contributed by atoms with Crippen LogP contribution in [0, 0.1) is 6.07 Å². The van der Waals surface area contributed by atoms with E-state index in [-0.39, 0.29) is 40.0 Å². The zero-order valence-electron chi connectivity index (χ0n) is 8.56. The first kappa shape index (κ1) is 14.9. The molecule has 0 N–H and O–H groups in total. The fourth-order valence-corrected chi connectivity index (χ4v) is 1.35. The molecule has 1 aromatic carbocycles. The molecule has 0 atom stereocenters. The van der Waals surface area contributed by atoms with Crippen molar-refractivity contribution in [1.29, 1.82) is 0 Å². The van der Waals surface area contributed by atoms with Crippen LogP contribution >= 0.6 is 0 Å². The first-order chi connectivity index (χ1) is 6.45. The Labute approximate surface area is 117 Å². The van der Waals surface area contributed by atoms with Crippen molar-refractivity contribution < 1.29 is 17.0 Å². The second-order valence-electron chi connectivity index (χ2n) is 3.10. The minimum absolute atomic E-state index is 0. The van der Waals surface area contributed by atoms with Gasteiger partial charge in [0.15, 0.2) is 0 Å². The van der Waals surface area contributed by atoms with Crippen molar-refractivity contribution in [3.05, 3.63) is 30.3 Å². The second kappa shape index (κ2) is 8.07. The van der Waals surface area contributed by atoms with Crippen LogP contribution in [0.3, 0.4) is 0 Å². The van der Waals surface area contributed by atoms with Crippen LogP contribution in [-0.4, -0.2) is 41.2 Å². The number of hydrogen-bond donors (Lipinski definition) is 0. The van der Waals surface area contributed by atoms with E-state index >= 15 is 0 Å². The molecular weight excluding hydrogens is 266 g/mol. The third-order valence-corrected chi connectivity index (χ3v) is 2.05. The molecular formula is C10H12BrMgN3. The number of halogens is 1. The number of hydrogen-bond acceptors (Lipinski definition) is 2. The van der Waals surface area contributed by atoms with Gasteiger partial charge in [0.05, 0.1) is 0 Å². The molecule has 3 nitrogen and oxygen atoms in total. The monoisotopic (exact) mass is 277 g/mol. The minimum Gasteiger partial charge on any atom is -1.00 e. The second-order valence-corrected chi connectivity index (χ2v) is 3.10. The molecule has 1 aliphatic rings. The van der Waals surface area contributed by atoms with Crippen molar-refractivity contribution in [3.8, 4) is 0 Å². The van der Waals surface area contributed by atoms with Crippen molar-refractivity contribution in [2.45, 2.75) is 12.8 Å². The smallest absolute Gasteiger partial charge is 1.00 e. The van der Waals surface area contributed by atoms with Crippen molar-refractivity contribution in [1.82, 2.24) is 5.01 Å². The first-order valence-corrected chi connectivity index (χ1v) is 4.58. The molecule has 0 bridgehead atoms. The molecule has 0 aliphatic carbocycles. The van der Waals surface area contributed by atoms with Crippen LogP contribution in [-0.2, 0) is 0 Å². The summed E-state index contributed by atoms with van der Waals surface area (Å²) in [7, 11) is 0. The van der Waals surface area contributed by atoms with Gasteiger partial charge in [0, 0.05) is 13.1 Å². The fourth-order valence-electron chi connectivity index (χ4n) is 1.35. The van der Waals surface area contributed by atoms with Crippen LogP contribution < -0.4 is 17.0 Å². The molecule has 5 heteroatoms. The van der Waals surface area contributed by atoms with Gasteiger partial charge in [-0.2, -0.15) is 29.4 Å². The Bertz CT molecular complexity index is 286. The van der Waals surface area contributed by atoms with E-state index in [2.05, 4.69) is 16.4 Å². The fraction of sp³-hybridized carbons (Fsp3) is 0.400. The van der Waals surface area contributed by atoms with Crippen LogP contribution in [0.2, 0.25) is 0 Å². The van der Waals surface area contributed by atoms with Gasteiger partial charge in [-0.25, -0.2) is 0 Å². The van der Waals surface area contributed by atoms with E-state index in [0.717, 1.165) is 18.8 Å². The molecule has 15 heavy (non-hydrogen) atoms. The summed E-state index contributed by atoms with van der Waals surface area (Å²) in [5, 5.41) is 10.2. The summed E-state index contributed by atoms with van der Waals surface area (Å²) in [6, 6.07) is 10.6. The Balaban J connectivity index is 0.000000980. The molecule has 0 amide bonds. The predicted octanol–water partition coefficient (Wildman–Crippen LogP) is -0.796. The van der Waals surface area contributed by atoms with Gasteiger partial charge in [0.25, 0.3) is 0 Å². The Morgan fingerprint density at radius 1 is 1.20 bits per heavy atom. The maximum atomic E-state index is 4.12.